The molecule has 0 saturated carbocycles. The van der Waals surface area contributed by atoms with Crippen molar-refractivity contribution >= 4 is 17.3 Å². The Kier molecular flexibility index (Phi) is 3.91. The molecule has 19 heavy (non-hydrogen) atoms. The van der Waals surface area contributed by atoms with Gasteiger partial charge in [-0.25, -0.2) is 0 Å². The van der Waals surface area contributed by atoms with Crippen LogP contribution in [0.3, 0.4) is 0 Å². The smallest absolute Gasteiger partial charge is 0.222 e. The summed E-state index contributed by atoms with van der Waals surface area (Å²) < 4.78 is 0. The van der Waals surface area contributed by atoms with Crippen molar-refractivity contribution < 1.29 is 4.79 Å². The molecule has 0 unspecified atom stereocenters. The van der Waals surface area contributed by atoms with E-state index in [-0.39, 0.29) is 11.8 Å². The van der Waals surface area contributed by atoms with E-state index in [9.17, 15) is 4.79 Å². The first kappa shape index (κ1) is 13.2. The van der Waals surface area contributed by atoms with Crippen molar-refractivity contribution in [2.24, 2.45) is 5.92 Å². The molecule has 1 amide bonds. The second-order valence-corrected chi connectivity index (χ2v) is 4.73. The third kappa shape index (κ3) is 2.63. The van der Waals surface area contributed by atoms with E-state index in [2.05, 4.69) is 16.3 Å². The highest BCUT2D eigenvalue weighted by Gasteiger charge is 2.25. The van der Waals surface area contributed by atoms with Crippen molar-refractivity contribution in [3.63, 3.8) is 0 Å². The molecule has 5 heteroatoms. The number of hydrogen-bond acceptors (Lipinski definition) is 4. The summed E-state index contributed by atoms with van der Waals surface area (Å²) >= 11 is 0. The summed E-state index contributed by atoms with van der Waals surface area (Å²) in [5.41, 5.74) is 7.94. The second-order valence-electron chi connectivity index (χ2n) is 4.73. The summed E-state index contributed by atoms with van der Waals surface area (Å²) in [7, 11) is 1.67. The average molecular weight is 258 g/mol. The molecule has 0 aliphatic carbocycles. The van der Waals surface area contributed by atoms with Gasteiger partial charge in [0.05, 0.1) is 16.9 Å². The second kappa shape index (κ2) is 5.61. The SMILES string of the molecule is CNC(=O)C1CCN(c2cccc(C#N)c2N)CC1. The number of carbonyl (C=O) groups excluding carboxylic acids is 1. The lowest BCUT2D eigenvalue weighted by Crippen LogP contribution is -2.39. The van der Waals surface area contributed by atoms with Gasteiger partial charge in [0, 0.05) is 26.1 Å². The predicted molar refractivity (Wildman–Crippen MR) is 74.6 cm³/mol. The number of benzene rings is 1. The lowest BCUT2D eigenvalue weighted by Gasteiger charge is -2.33. The maximum atomic E-state index is 11.6. The summed E-state index contributed by atoms with van der Waals surface area (Å²) in [5, 5.41) is 11.7. The molecule has 1 heterocycles. The van der Waals surface area contributed by atoms with Gasteiger partial charge in [-0.3, -0.25) is 4.79 Å². The number of hydrogen-bond donors (Lipinski definition) is 2. The molecule has 100 valence electrons. The van der Waals surface area contributed by atoms with Crippen LogP contribution in [0.15, 0.2) is 18.2 Å². The Morgan fingerprint density at radius 2 is 2.16 bits per heavy atom. The van der Waals surface area contributed by atoms with E-state index in [0.717, 1.165) is 31.6 Å². The number of nitrogen functional groups attached to an aromatic ring is 1. The Morgan fingerprint density at radius 3 is 2.74 bits per heavy atom. The number of anilines is 2. The minimum Gasteiger partial charge on any atom is -0.396 e. The molecule has 1 aliphatic rings. The maximum absolute atomic E-state index is 11.6. The van der Waals surface area contributed by atoms with Gasteiger partial charge in [-0.2, -0.15) is 5.26 Å². The Labute approximate surface area is 113 Å². The molecule has 3 N–H and O–H groups in total. The number of rotatable bonds is 2. The first-order valence-corrected chi connectivity index (χ1v) is 6.42. The first-order valence-electron chi connectivity index (χ1n) is 6.42. The van der Waals surface area contributed by atoms with Crippen molar-refractivity contribution in [3.05, 3.63) is 23.8 Å². The lowest BCUT2D eigenvalue weighted by molar-refractivity contribution is -0.125. The van der Waals surface area contributed by atoms with Gasteiger partial charge in [0.1, 0.15) is 6.07 Å². The minimum absolute atomic E-state index is 0.0848. The lowest BCUT2D eigenvalue weighted by atomic mass is 9.95. The van der Waals surface area contributed by atoms with Crippen molar-refractivity contribution in [2.75, 3.05) is 30.8 Å². The fraction of sp³-hybridized carbons (Fsp3) is 0.429. The van der Waals surface area contributed by atoms with E-state index < -0.39 is 0 Å². The monoisotopic (exact) mass is 258 g/mol. The van der Waals surface area contributed by atoms with E-state index in [1.54, 1.807) is 13.1 Å². The number of para-hydroxylation sites is 1. The number of carbonyl (C=O) groups is 1. The molecule has 0 radical (unpaired) electrons. The van der Waals surface area contributed by atoms with Crippen LogP contribution in [0.1, 0.15) is 18.4 Å². The molecule has 0 atom stereocenters. The maximum Gasteiger partial charge on any atom is 0.222 e. The van der Waals surface area contributed by atoms with Crippen LogP contribution in [0.2, 0.25) is 0 Å². The third-order valence-corrected chi connectivity index (χ3v) is 3.66. The topological polar surface area (TPSA) is 82.2 Å². The van der Waals surface area contributed by atoms with E-state index in [4.69, 9.17) is 11.0 Å². The third-order valence-electron chi connectivity index (χ3n) is 3.66. The van der Waals surface area contributed by atoms with E-state index in [0.29, 0.717) is 11.3 Å². The van der Waals surface area contributed by atoms with E-state index in [1.807, 2.05) is 12.1 Å². The molecule has 2 rings (SSSR count). The molecule has 0 spiro atoms. The molecular weight excluding hydrogens is 240 g/mol. The molecule has 5 nitrogen and oxygen atoms in total. The summed E-state index contributed by atoms with van der Waals surface area (Å²) in [5.74, 6) is 0.194. The van der Waals surface area contributed by atoms with Gasteiger partial charge < -0.3 is 16.0 Å². The quantitative estimate of drug-likeness (QED) is 0.778. The molecule has 0 aromatic heterocycles. The Morgan fingerprint density at radius 1 is 1.47 bits per heavy atom. The Bertz CT molecular complexity index is 513. The van der Waals surface area contributed by atoms with E-state index >= 15 is 0 Å². The summed E-state index contributed by atoms with van der Waals surface area (Å²) in [6.07, 6.45) is 1.63. The first-order chi connectivity index (χ1) is 9.17. The number of piperidine rings is 1. The van der Waals surface area contributed by atoms with Crippen molar-refractivity contribution in [3.8, 4) is 6.07 Å². The van der Waals surface area contributed by atoms with Crippen molar-refractivity contribution in [2.45, 2.75) is 12.8 Å². The summed E-state index contributed by atoms with van der Waals surface area (Å²) in [6, 6.07) is 7.58. The van der Waals surface area contributed by atoms with Crippen LogP contribution in [-0.4, -0.2) is 26.0 Å². The van der Waals surface area contributed by atoms with Crippen LogP contribution in [-0.2, 0) is 4.79 Å². The van der Waals surface area contributed by atoms with Gasteiger partial charge in [-0.05, 0) is 25.0 Å². The highest BCUT2D eigenvalue weighted by molar-refractivity contribution is 5.79. The van der Waals surface area contributed by atoms with Gasteiger partial charge in [-0.15, -0.1) is 0 Å². The van der Waals surface area contributed by atoms with Gasteiger partial charge >= 0.3 is 0 Å². The predicted octanol–water partition coefficient (Wildman–Crippen LogP) is 1.10. The van der Waals surface area contributed by atoms with Gasteiger partial charge in [0.2, 0.25) is 5.91 Å². The van der Waals surface area contributed by atoms with Gasteiger partial charge in [-0.1, -0.05) is 6.07 Å². The van der Waals surface area contributed by atoms with Crippen molar-refractivity contribution in [1.29, 1.82) is 5.26 Å². The largest absolute Gasteiger partial charge is 0.396 e. The zero-order chi connectivity index (χ0) is 13.8. The van der Waals surface area contributed by atoms with Crippen LogP contribution < -0.4 is 16.0 Å². The molecule has 1 saturated heterocycles. The highest BCUT2D eigenvalue weighted by atomic mass is 16.1. The van der Waals surface area contributed by atoms with Gasteiger partial charge in [0.15, 0.2) is 0 Å². The van der Waals surface area contributed by atoms with Crippen molar-refractivity contribution in [1.82, 2.24) is 5.32 Å². The fourth-order valence-electron chi connectivity index (χ4n) is 2.51. The average Bonchev–Trinajstić information content (AvgIpc) is 2.47. The Balaban J connectivity index is 2.10. The number of nitrogens with one attached hydrogen (secondary N) is 1. The summed E-state index contributed by atoms with van der Waals surface area (Å²) in [4.78, 5) is 13.7. The number of amides is 1. The zero-order valence-electron chi connectivity index (χ0n) is 11.0. The van der Waals surface area contributed by atoms with Crippen LogP contribution in [0.4, 0.5) is 11.4 Å². The molecule has 1 aromatic rings. The van der Waals surface area contributed by atoms with Crippen LogP contribution >= 0.6 is 0 Å². The normalized spacial score (nSPS) is 15.9. The summed E-state index contributed by atoms with van der Waals surface area (Å²) in [6.45, 7) is 1.58. The van der Waals surface area contributed by atoms with E-state index in [1.165, 1.54) is 0 Å². The Hall–Kier alpha value is -2.22. The molecule has 1 aromatic carbocycles. The molecular formula is C14H18N4O. The standard InChI is InChI=1S/C14H18N4O/c1-17-14(19)10-5-7-18(8-6-10)12-4-2-3-11(9-15)13(12)16/h2-4,10H,5-8,16H2,1H3,(H,17,19). The van der Waals surface area contributed by atoms with Crippen LogP contribution in [0.25, 0.3) is 0 Å². The number of nitriles is 1. The van der Waals surface area contributed by atoms with Gasteiger partial charge in [0.25, 0.3) is 0 Å². The minimum atomic E-state index is 0.0848. The zero-order valence-corrected chi connectivity index (χ0v) is 11.0. The fourth-order valence-corrected chi connectivity index (χ4v) is 2.51. The number of nitrogens with zero attached hydrogens (tertiary/aromatic N) is 2. The highest BCUT2D eigenvalue weighted by Crippen LogP contribution is 2.30. The molecule has 1 fully saturated rings. The molecule has 1 aliphatic heterocycles. The van der Waals surface area contributed by atoms with Crippen LogP contribution in [0.5, 0.6) is 0 Å². The molecule has 0 bridgehead atoms. The number of nitrogens with two attached hydrogens (primary N) is 1. The van der Waals surface area contributed by atoms with Crippen LogP contribution in [0, 0.1) is 17.2 Å².